The monoisotopic (exact) mass is 2040 g/mol. The van der Waals surface area contributed by atoms with Gasteiger partial charge in [0, 0.05) is 108 Å². The Kier molecular flexibility index (Phi) is 86.2. The molecular formula is C93H153F4N5O39. The number of ether oxygens (including phenoxy) is 29. The van der Waals surface area contributed by atoms with E-state index in [9.17, 15) is 65.5 Å². The van der Waals surface area contributed by atoms with Gasteiger partial charge in [-0.2, -0.15) is 8.78 Å². The first-order valence-corrected chi connectivity index (χ1v) is 48.2. The number of esters is 1. The molecule has 0 saturated heterocycles. The van der Waals surface area contributed by atoms with Crippen molar-refractivity contribution in [3.8, 4) is 5.75 Å². The number of amides is 7. The highest BCUT2D eigenvalue weighted by molar-refractivity contribution is 6.13. The molecular weight excluding hydrogens is 1890 g/mol. The first kappa shape index (κ1) is 128. The Labute approximate surface area is 823 Å². The van der Waals surface area contributed by atoms with E-state index >= 15 is 0 Å². The zero-order chi connectivity index (χ0) is 101. The number of carbonyl (C=O) groups is 10. The molecule has 0 fully saturated rings. The number of nitrogens with zero attached hydrogens (tertiary/aromatic N) is 2. The third-order valence-electron chi connectivity index (χ3n) is 19.0. The minimum atomic E-state index is -1.83. The number of hydrogen-bond acceptors (Lipinski definition) is 39. The molecule has 0 spiro atoms. The predicted molar refractivity (Wildman–Crippen MR) is 490 cm³/mol. The lowest BCUT2D eigenvalue weighted by atomic mass is 10.0. The Hall–Kier alpha value is -7.20. The molecule has 0 radical (unpaired) electrons. The van der Waals surface area contributed by atoms with Crippen LogP contribution in [-0.4, -0.2) is 471 Å². The predicted octanol–water partition coefficient (Wildman–Crippen LogP) is 2.00. The average molecular weight is 2040 g/mol. The number of nitrogens with one attached hydrogen (secondary N) is 3. The third kappa shape index (κ3) is 77.9. The van der Waals surface area contributed by atoms with Gasteiger partial charge in [-0.05, 0) is 32.1 Å². The fourth-order valence-corrected chi connectivity index (χ4v) is 11.6. The standard InChI is InChI=1S/C93H153F4N5O39/c94-79-77-80(95)92(97)93(91(79)96)141-90(112)16-25-117-31-37-123-41-39-120-34-28-114-22-4-7-82(104)81(100-85(107)15-24-116-30-36-122-43-47-127-51-55-131-59-63-135-67-71-139-74-73-137-69-65-133-61-57-129-53-49-125-45-40-119-33-27-113-21-3-5-78(103)12-19-101-86(108)8-9-87(101)109)6-1-2-17-98-84(106)14-23-115-29-35-121-42-46-126-50-54-130-58-62-134-66-70-138-75-76-140-72-68-136-64-60-132-56-52-128-48-44-124-38-32-118-26-18-99-83(105)13-20-102-88(110)10-11-89(102)111/h8-11,77,81H,1-7,12-76H2,(H,98,106)(H,99,105)(H,100,107)/t81-/m0/s1. The maximum atomic E-state index is 13.8. The van der Waals surface area contributed by atoms with Crippen LogP contribution in [-0.2, 0) is 181 Å². The number of imide groups is 2. The molecule has 1 aromatic rings. The minimum absolute atomic E-state index is 0.00279. The topological polar surface area (TPSA) is 481 Å². The van der Waals surface area contributed by atoms with Crippen molar-refractivity contribution in [1.82, 2.24) is 25.8 Å². The Bertz CT molecular complexity index is 3350. The fraction of sp³-hybridized carbons (Fsp3) is 0.785. The molecule has 3 rings (SSSR count). The summed E-state index contributed by atoms with van der Waals surface area (Å²) in [5.74, 6) is -12.4. The van der Waals surface area contributed by atoms with Crippen LogP contribution in [0.15, 0.2) is 30.4 Å². The van der Waals surface area contributed by atoms with Crippen LogP contribution in [0.25, 0.3) is 0 Å². The number of benzene rings is 1. The number of carbonyl (C=O) groups excluding carboxylic acids is 10. The number of unbranched alkanes of at least 4 members (excludes halogenated alkanes) is 1. The first-order chi connectivity index (χ1) is 69.1. The summed E-state index contributed by atoms with van der Waals surface area (Å²) < 4.78 is 213. The van der Waals surface area contributed by atoms with Crippen molar-refractivity contribution in [1.29, 1.82) is 0 Å². The lowest BCUT2D eigenvalue weighted by Crippen LogP contribution is -2.41. The lowest BCUT2D eigenvalue weighted by Gasteiger charge is -2.18. The second kappa shape index (κ2) is 95.0. The largest absolute Gasteiger partial charge is 0.420 e. The highest BCUT2D eigenvalue weighted by Crippen LogP contribution is 2.27. The molecule has 3 N–H and O–H groups in total. The van der Waals surface area contributed by atoms with Crippen LogP contribution in [0.4, 0.5) is 17.6 Å². The molecule has 1 aromatic carbocycles. The fourth-order valence-electron chi connectivity index (χ4n) is 11.6. The van der Waals surface area contributed by atoms with Gasteiger partial charge in [-0.1, -0.05) is 0 Å². The van der Waals surface area contributed by atoms with Crippen molar-refractivity contribution < 1.29 is 203 Å². The SMILES string of the molecule is O=C(CCCOCCOCCOCCOCCOCCOCCOCCOCCOCCOCCOCCOCCC(=O)N[C@@H](CCCCNC(=O)CCOCCOCCOCCOCCOCCOCCOCCOCCOCCOCCOCCOCCNC(=O)CCN1C(=O)C=CC1=O)C(=O)CCCOCCOCCOCCOCCC(=O)Oc1c(F)c(F)cc(F)c1F)CCN1C(=O)C=CC1=O. The number of rotatable bonds is 109. The van der Waals surface area contributed by atoms with Crippen LogP contribution in [0, 0.1) is 23.3 Å². The van der Waals surface area contributed by atoms with E-state index in [-0.39, 0.29) is 160 Å². The minimum Gasteiger partial charge on any atom is -0.420 e. The van der Waals surface area contributed by atoms with Gasteiger partial charge in [0.1, 0.15) is 5.78 Å². The molecule has 0 aliphatic carbocycles. The summed E-state index contributed by atoms with van der Waals surface area (Å²) in [7, 11) is 0. The quantitative estimate of drug-likeness (QED) is 0.0210. The van der Waals surface area contributed by atoms with E-state index in [1.165, 1.54) is 24.3 Å². The molecule has 812 valence electrons. The van der Waals surface area contributed by atoms with Crippen LogP contribution in [0.5, 0.6) is 5.75 Å². The van der Waals surface area contributed by atoms with Gasteiger partial charge in [-0.3, -0.25) is 57.7 Å². The van der Waals surface area contributed by atoms with E-state index in [1.54, 1.807) is 0 Å². The van der Waals surface area contributed by atoms with Gasteiger partial charge in [0.15, 0.2) is 17.4 Å². The van der Waals surface area contributed by atoms with Crippen molar-refractivity contribution >= 4 is 58.9 Å². The van der Waals surface area contributed by atoms with Gasteiger partial charge in [-0.25, -0.2) is 8.78 Å². The van der Waals surface area contributed by atoms with Gasteiger partial charge in [0.25, 0.3) is 23.6 Å². The molecule has 48 heteroatoms. The van der Waals surface area contributed by atoms with Crippen molar-refractivity contribution in [3.63, 3.8) is 0 Å². The van der Waals surface area contributed by atoms with Crippen LogP contribution in [0.2, 0.25) is 0 Å². The number of Topliss-reactive ketones (excluding diaryl/α,β-unsaturated/α-hetero) is 2. The summed E-state index contributed by atoms with van der Waals surface area (Å²) in [5, 5.41) is 8.40. The third-order valence-corrected chi connectivity index (χ3v) is 19.0. The zero-order valence-electron chi connectivity index (χ0n) is 81.7. The van der Waals surface area contributed by atoms with Crippen molar-refractivity contribution in [2.24, 2.45) is 0 Å². The summed E-state index contributed by atoms with van der Waals surface area (Å²) in [6.07, 6.45) is 7.43. The van der Waals surface area contributed by atoms with Crippen LogP contribution in [0.3, 0.4) is 0 Å². The Morgan fingerprint density at radius 2 is 0.489 bits per heavy atom. The van der Waals surface area contributed by atoms with Crippen LogP contribution in [0.1, 0.15) is 77.0 Å². The molecule has 0 unspecified atom stereocenters. The van der Waals surface area contributed by atoms with Crippen molar-refractivity contribution in [2.75, 3.05) is 396 Å². The number of hydrogen-bond donors (Lipinski definition) is 3. The van der Waals surface area contributed by atoms with Gasteiger partial charge in [0.05, 0.1) is 369 Å². The van der Waals surface area contributed by atoms with E-state index in [4.69, 9.17) is 133 Å². The van der Waals surface area contributed by atoms with E-state index in [0.29, 0.717) is 342 Å². The zero-order valence-corrected chi connectivity index (χ0v) is 81.7. The Morgan fingerprint density at radius 1 is 0.248 bits per heavy atom. The molecule has 1 atom stereocenters. The van der Waals surface area contributed by atoms with E-state index in [1.807, 2.05) is 0 Å². The maximum absolute atomic E-state index is 13.8. The van der Waals surface area contributed by atoms with E-state index < -0.39 is 71.1 Å². The molecule has 2 aliphatic rings. The summed E-state index contributed by atoms with van der Waals surface area (Å²) >= 11 is 0. The van der Waals surface area contributed by atoms with Gasteiger partial charge >= 0.3 is 5.97 Å². The van der Waals surface area contributed by atoms with Gasteiger partial charge in [0.2, 0.25) is 35.1 Å². The van der Waals surface area contributed by atoms with Crippen molar-refractivity contribution in [3.05, 3.63) is 53.6 Å². The van der Waals surface area contributed by atoms with Crippen LogP contribution >= 0.6 is 0 Å². The summed E-state index contributed by atoms with van der Waals surface area (Å²) in [6.45, 7) is 20.2. The second-order valence-electron chi connectivity index (χ2n) is 30.0. The smallest absolute Gasteiger partial charge is 0.313 e. The van der Waals surface area contributed by atoms with Gasteiger partial charge in [-0.15, -0.1) is 0 Å². The van der Waals surface area contributed by atoms with Crippen LogP contribution < -0.4 is 20.7 Å². The molecule has 44 nitrogen and oxygen atoms in total. The molecule has 7 amide bonds. The summed E-state index contributed by atoms with van der Waals surface area (Å²) in [6, 6.07) is -0.779. The number of ketones is 2. The Morgan fingerprint density at radius 3 is 0.794 bits per heavy atom. The Balaban J connectivity index is 1.08. The second-order valence-corrected chi connectivity index (χ2v) is 30.0. The lowest BCUT2D eigenvalue weighted by molar-refractivity contribution is -0.139. The highest BCUT2D eigenvalue weighted by Gasteiger charge is 2.27. The number of halogens is 4. The normalized spacial score (nSPS) is 12.8. The first-order valence-electron chi connectivity index (χ1n) is 48.2. The molecule has 0 aromatic heterocycles. The van der Waals surface area contributed by atoms with E-state index in [0.717, 1.165) is 9.80 Å². The molecule has 2 aliphatic heterocycles. The highest BCUT2D eigenvalue weighted by atomic mass is 19.2. The molecule has 0 saturated carbocycles. The molecule has 2 heterocycles. The summed E-state index contributed by atoms with van der Waals surface area (Å²) in [4.78, 5) is 123. The maximum Gasteiger partial charge on any atom is 0.313 e. The molecule has 0 bridgehead atoms. The van der Waals surface area contributed by atoms with Gasteiger partial charge < -0.3 is 153 Å². The van der Waals surface area contributed by atoms with Crippen molar-refractivity contribution in [2.45, 2.75) is 83.1 Å². The van der Waals surface area contributed by atoms with E-state index in [2.05, 4.69) is 20.7 Å². The average Bonchev–Trinajstić information content (AvgIpc) is 1.59. The molecule has 141 heavy (non-hydrogen) atoms. The summed E-state index contributed by atoms with van der Waals surface area (Å²) in [5.41, 5.74) is 0.